The number of amides is 2. The molecule has 0 bridgehead atoms. The van der Waals surface area contributed by atoms with Gasteiger partial charge in [-0.3, -0.25) is 9.59 Å². The molecule has 1 atom stereocenters. The van der Waals surface area contributed by atoms with E-state index in [1.54, 1.807) is 24.1 Å². The minimum atomic E-state index is -0.484. The van der Waals surface area contributed by atoms with Gasteiger partial charge in [0.15, 0.2) is 0 Å². The molecule has 6 heteroatoms. The van der Waals surface area contributed by atoms with E-state index in [4.69, 9.17) is 4.74 Å². The first kappa shape index (κ1) is 19.2. The third kappa shape index (κ3) is 3.49. The van der Waals surface area contributed by atoms with Gasteiger partial charge in [-0.2, -0.15) is 0 Å². The normalized spacial score (nSPS) is 25.7. The zero-order valence-corrected chi connectivity index (χ0v) is 16.6. The Morgan fingerprint density at radius 3 is 2.75 bits per heavy atom. The average Bonchev–Trinajstić information content (AvgIpc) is 3.38. The number of methoxy groups -OCH3 is 1. The Hall–Kier alpha value is -2.11. The van der Waals surface area contributed by atoms with Crippen molar-refractivity contribution < 1.29 is 18.7 Å². The second-order valence-corrected chi connectivity index (χ2v) is 8.56. The van der Waals surface area contributed by atoms with Crippen molar-refractivity contribution >= 4 is 11.8 Å². The summed E-state index contributed by atoms with van der Waals surface area (Å²) in [7, 11) is 1.55. The van der Waals surface area contributed by atoms with Crippen LogP contribution in [0.3, 0.4) is 0 Å². The van der Waals surface area contributed by atoms with E-state index >= 15 is 0 Å². The molecule has 2 amide bonds. The molecule has 2 aliphatic heterocycles. The first-order chi connectivity index (χ1) is 13.5. The summed E-state index contributed by atoms with van der Waals surface area (Å²) in [6, 6.07) is 4.63. The Kier molecular flexibility index (Phi) is 5.30. The third-order valence-electron chi connectivity index (χ3n) is 6.81. The molecule has 5 nitrogen and oxygen atoms in total. The lowest BCUT2D eigenvalue weighted by molar-refractivity contribution is -0.147. The molecule has 4 rings (SSSR count). The van der Waals surface area contributed by atoms with Crippen LogP contribution in [0.5, 0.6) is 5.75 Å². The second kappa shape index (κ2) is 7.72. The molecule has 1 aromatic rings. The summed E-state index contributed by atoms with van der Waals surface area (Å²) in [4.78, 5) is 29.8. The standard InChI is InChI=1S/C22H29FN2O3/c1-28-18-7-8-19(23)17(13-18)14-24-11-4-9-22(21(24)27)10-12-25(15-22)20(26)16-5-2-3-6-16/h7-8,13,16H,2-6,9-12,14-15H2,1H3/t22-/m1/s1. The van der Waals surface area contributed by atoms with Gasteiger partial charge in [-0.15, -0.1) is 0 Å². The number of rotatable bonds is 4. The summed E-state index contributed by atoms with van der Waals surface area (Å²) in [5.74, 6) is 0.721. The molecule has 1 aromatic carbocycles. The van der Waals surface area contributed by atoms with Gasteiger partial charge in [-0.25, -0.2) is 4.39 Å². The fraction of sp³-hybridized carbons (Fsp3) is 0.636. The van der Waals surface area contributed by atoms with Gasteiger partial charge < -0.3 is 14.5 Å². The van der Waals surface area contributed by atoms with Crippen molar-refractivity contribution in [2.75, 3.05) is 26.7 Å². The van der Waals surface area contributed by atoms with Crippen LogP contribution >= 0.6 is 0 Å². The summed E-state index contributed by atoms with van der Waals surface area (Å²) in [6.07, 6.45) is 6.67. The van der Waals surface area contributed by atoms with Gasteiger partial charge in [0.2, 0.25) is 11.8 Å². The number of likely N-dealkylation sites (tertiary alicyclic amines) is 2. The van der Waals surface area contributed by atoms with Crippen molar-refractivity contribution in [2.45, 2.75) is 51.5 Å². The predicted octanol–water partition coefficient (Wildman–Crippen LogP) is 3.37. The van der Waals surface area contributed by atoms with Crippen LogP contribution in [0.4, 0.5) is 4.39 Å². The number of hydrogen-bond acceptors (Lipinski definition) is 3. The van der Waals surface area contributed by atoms with E-state index in [1.807, 2.05) is 4.90 Å². The van der Waals surface area contributed by atoms with Crippen molar-refractivity contribution in [3.05, 3.63) is 29.6 Å². The molecule has 3 fully saturated rings. The van der Waals surface area contributed by atoms with E-state index in [2.05, 4.69) is 0 Å². The summed E-state index contributed by atoms with van der Waals surface area (Å²) < 4.78 is 19.4. The maximum atomic E-state index is 14.3. The Labute approximate surface area is 165 Å². The van der Waals surface area contributed by atoms with Crippen molar-refractivity contribution in [3.63, 3.8) is 0 Å². The van der Waals surface area contributed by atoms with Gasteiger partial charge in [0.1, 0.15) is 11.6 Å². The van der Waals surface area contributed by atoms with Gasteiger partial charge >= 0.3 is 0 Å². The monoisotopic (exact) mass is 388 g/mol. The van der Waals surface area contributed by atoms with Crippen LogP contribution < -0.4 is 4.74 Å². The first-order valence-electron chi connectivity index (χ1n) is 10.4. The molecular formula is C22H29FN2O3. The highest BCUT2D eigenvalue weighted by molar-refractivity contribution is 5.86. The summed E-state index contributed by atoms with van der Waals surface area (Å²) in [5.41, 5.74) is -0.0105. The highest BCUT2D eigenvalue weighted by Gasteiger charge is 2.50. The SMILES string of the molecule is COc1ccc(F)c(CN2CCC[C@]3(CCN(C(=O)C4CCCC4)C3)C2=O)c1. The van der Waals surface area contributed by atoms with E-state index in [0.29, 0.717) is 30.9 Å². The van der Waals surface area contributed by atoms with E-state index in [0.717, 1.165) is 44.9 Å². The quantitative estimate of drug-likeness (QED) is 0.795. The fourth-order valence-electron chi connectivity index (χ4n) is 5.18. The molecule has 0 N–H and O–H groups in total. The van der Waals surface area contributed by atoms with Gasteiger partial charge in [0.05, 0.1) is 12.5 Å². The highest BCUT2D eigenvalue weighted by Crippen LogP contribution is 2.42. The smallest absolute Gasteiger partial charge is 0.230 e. The van der Waals surface area contributed by atoms with E-state index in [1.165, 1.54) is 6.07 Å². The Morgan fingerprint density at radius 1 is 1.21 bits per heavy atom. The van der Waals surface area contributed by atoms with Crippen LogP contribution in [-0.4, -0.2) is 48.4 Å². The molecule has 2 saturated heterocycles. The molecule has 1 saturated carbocycles. The number of carbonyl (C=O) groups excluding carboxylic acids is 2. The van der Waals surface area contributed by atoms with Crippen molar-refractivity contribution in [1.29, 1.82) is 0 Å². The number of carbonyl (C=O) groups is 2. The zero-order valence-electron chi connectivity index (χ0n) is 16.6. The summed E-state index contributed by atoms with van der Waals surface area (Å²) >= 11 is 0. The minimum absolute atomic E-state index is 0.0719. The number of benzene rings is 1. The second-order valence-electron chi connectivity index (χ2n) is 8.56. The topological polar surface area (TPSA) is 49.9 Å². The third-order valence-corrected chi connectivity index (χ3v) is 6.81. The van der Waals surface area contributed by atoms with E-state index in [-0.39, 0.29) is 30.1 Å². The molecule has 1 spiro atoms. The fourth-order valence-corrected chi connectivity index (χ4v) is 5.18. The molecule has 2 heterocycles. The molecule has 28 heavy (non-hydrogen) atoms. The van der Waals surface area contributed by atoms with Crippen LogP contribution in [0.2, 0.25) is 0 Å². The first-order valence-corrected chi connectivity index (χ1v) is 10.4. The largest absolute Gasteiger partial charge is 0.497 e. The average molecular weight is 388 g/mol. The minimum Gasteiger partial charge on any atom is -0.497 e. The molecule has 0 unspecified atom stereocenters. The van der Waals surface area contributed by atoms with Crippen LogP contribution in [-0.2, 0) is 16.1 Å². The molecule has 152 valence electrons. The predicted molar refractivity (Wildman–Crippen MR) is 103 cm³/mol. The number of hydrogen-bond donors (Lipinski definition) is 0. The molecular weight excluding hydrogens is 359 g/mol. The lowest BCUT2D eigenvalue weighted by atomic mass is 9.78. The highest BCUT2D eigenvalue weighted by atomic mass is 19.1. The molecule has 0 aromatic heterocycles. The van der Waals surface area contributed by atoms with Gasteiger partial charge in [-0.1, -0.05) is 12.8 Å². The summed E-state index contributed by atoms with van der Waals surface area (Å²) in [5, 5.41) is 0. The lowest BCUT2D eigenvalue weighted by Gasteiger charge is -2.39. The molecule has 0 radical (unpaired) electrons. The lowest BCUT2D eigenvalue weighted by Crippen LogP contribution is -2.50. The van der Waals surface area contributed by atoms with Crippen LogP contribution in [0, 0.1) is 17.2 Å². The maximum absolute atomic E-state index is 14.3. The number of piperidine rings is 1. The number of nitrogens with zero attached hydrogens (tertiary/aromatic N) is 2. The van der Waals surface area contributed by atoms with Gasteiger partial charge in [-0.05, 0) is 50.3 Å². The Balaban J connectivity index is 1.47. The maximum Gasteiger partial charge on any atom is 0.230 e. The van der Waals surface area contributed by atoms with Gasteiger partial charge in [0, 0.05) is 37.7 Å². The van der Waals surface area contributed by atoms with Crippen molar-refractivity contribution in [3.8, 4) is 5.75 Å². The number of halogens is 1. The van der Waals surface area contributed by atoms with E-state index in [9.17, 15) is 14.0 Å². The van der Waals surface area contributed by atoms with E-state index < -0.39 is 5.41 Å². The van der Waals surface area contributed by atoms with Crippen LogP contribution in [0.15, 0.2) is 18.2 Å². The van der Waals surface area contributed by atoms with Gasteiger partial charge in [0.25, 0.3) is 0 Å². The van der Waals surface area contributed by atoms with Crippen LogP contribution in [0.25, 0.3) is 0 Å². The zero-order chi connectivity index (χ0) is 19.7. The summed E-state index contributed by atoms with van der Waals surface area (Å²) in [6.45, 7) is 2.08. The molecule has 1 aliphatic carbocycles. The number of ether oxygens (including phenoxy) is 1. The van der Waals surface area contributed by atoms with Crippen molar-refractivity contribution in [2.24, 2.45) is 11.3 Å². The Morgan fingerprint density at radius 2 is 2.00 bits per heavy atom. The Bertz CT molecular complexity index is 762. The van der Waals surface area contributed by atoms with Crippen molar-refractivity contribution in [1.82, 2.24) is 9.80 Å². The molecule has 3 aliphatic rings. The van der Waals surface area contributed by atoms with Crippen LogP contribution in [0.1, 0.15) is 50.5 Å².